The third-order valence-corrected chi connectivity index (χ3v) is 7.02. The Kier molecular flexibility index (Phi) is 7.10. The number of nitrogens with zero attached hydrogens (tertiary/aromatic N) is 2. The first-order valence-corrected chi connectivity index (χ1v) is 11.3. The van der Waals surface area contributed by atoms with Gasteiger partial charge in [0, 0.05) is 12.1 Å². The summed E-state index contributed by atoms with van der Waals surface area (Å²) in [6.45, 7) is 2.11. The molecule has 5 N–H and O–H groups in total. The molecule has 0 spiro atoms. The highest BCUT2D eigenvalue weighted by Gasteiger charge is 2.35. The summed E-state index contributed by atoms with van der Waals surface area (Å²) in [5.74, 6) is -0.948. The van der Waals surface area contributed by atoms with Crippen molar-refractivity contribution in [3.63, 3.8) is 0 Å². The monoisotopic (exact) mass is 421 g/mol. The summed E-state index contributed by atoms with van der Waals surface area (Å²) in [6, 6.07) is 0.152. The Morgan fingerprint density at radius 1 is 1.10 bits per heavy atom. The molecular weight excluding hydrogens is 390 g/mol. The quantitative estimate of drug-likeness (QED) is 0.648. The van der Waals surface area contributed by atoms with E-state index < -0.39 is 5.91 Å². The molecule has 2 fully saturated rings. The lowest BCUT2D eigenvalue weighted by Crippen LogP contribution is -2.51. The molecule has 160 valence electrons. The van der Waals surface area contributed by atoms with Crippen LogP contribution in [-0.4, -0.2) is 45.6 Å². The maximum Gasteiger partial charge on any atom is 0.270 e. The fourth-order valence-corrected chi connectivity index (χ4v) is 5.30. The van der Waals surface area contributed by atoms with Crippen molar-refractivity contribution in [1.82, 2.24) is 14.6 Å². The number of rotatable bonds is 6. The van der Waals surface area contributed by atoms with Gasteiger partial charge in [0.15, 0.2) is 5.69 Å². The highest BCUT2D eigenvalue weighted by atomic mass is 32.1. The molecule has 29 heavy (non-hydrogen) atoms. The first kappa shape index (κ1) is 21.5. The van der Waals surface area contributed by atoms with Gasteiger partial charge in [0.05, 0.1) is 5.69 Å². The van der Waals surface area contributed by atoms with Gasteiger partial charge in [-0.25, -0.2) is 0 Å². The smallest absolute Gasteiger partial charge is 0.270 e. The van der Waals surface area contributed by atoms with Crippen molar-refractivity contribution in [1.29, 1.82) is 0 Å². The third-order valence-electron chi connectivity index (χ3n) is 6.17. The van der Waals surface area contributed by atoms with Crippen LogP contribution in [0.25, 0.3) is 0 Å². The Hall–Kier alpha value is -2.16. The minimum Gasteiger partial charge on any atom is -0.395 e. The molecule has 1 heterocycles. The molecule has 9 heteroatoms. The number of hydrogen-bond donors (Lipinski definition) is 3. The number of primary amides is 1. The van der Waals surface area contributed by atoms with Crippen molar-refractivity contribution in [2.45, 2.75) is 76.8 Å². The minimum absolute atomic E-state index is 0.00636. The number of hydrogen-bond acceptors (Lipinski definition) is 6. The number of nitrogens with two attached hydrogens (primary N) is 2. The summed E-state index contributed by atoms with van der Waals surface area (Å²) in [4.78, 5) is 39.4. The lowest BCUT2D eigenvalue weighted by atomic mass is 9.84. The van der Waals surface area contributed by atoms with Gasteiger partial charge in [-0.15, -0.1) is 0 Å². The number of nitrogen functional groups attached to an aromatic ring is 1. The predicted molar refractivity (Wildman–Crippen MR) is 113 cm³/mol. The van der Waals surface area contributed by atoms with E-state index in [0.29, 0.717) is 5.92 Å². The zero-order chi connectivity index (χ0) is 21.0. The molecular formula is C20H31N5O3S. The van der Waals surface area contributed by atoms with Crippen LogP contribution in [-0.2, 0) is 4.79 Å². The normalized spacial score (nSPS) is 22.8. The third kappa shape index (κ3) is 5.07. The maximum absolute atomic E-state index is 13.4. The highest BCUT2D eigenvalue weighted by Crippen LogP contribution is 2.31. The Morgan fingerprint density at radius 2 is 1.76 bits per heavy atom. The van der Waals surface area contributed by atoms with Gasteiger partial charge in [-0.1, -0.05) is 39.0 Å². The summed E-state index contributed by atoms with van der Waals surface area (Å²) in [5, 5.41) is 3.10. The lowest BCUT2D eigenvalue weighted by molar-refractivity contribution is -0.123. The first-order valence-electron chi connectivity index (χ1n) is 10.5. The van der Waals surface area contributed by atoms with Crippen LogP contribution in [0.15, 0.2) is 0 Å². The average molecular weight is 422 g/mol. The second-order valence-corrected chi connectivity index (χ2v) is 9.08. The van der Waals surface area contributed by atoms with Crippen LogP contribution in [0.1, 0.15) is 84.9 Å². The van der Waals surface area contributed by atoms with E-state index in [1.54, 1.807) is 4.90 Å². The van der Waals surface area contributed by atoms with Crippen molar-refractivity contribution < 1.29 is 14.4 Å². The second kappa shape index (κ2) is 9.56. The Morgan fingerprint density at radius 3 is 2.38 bits per heavy atom. The van der Waals surface area contributed by atoms with Gasteiger partial charge in [0.25, 0.3) is 11.8 Å². The van der Waals surface area contributed by atoms with Gasteiger partial charge < -0.3 is 21.7 Å². The summed E-state index contributed by atoms with van der Waals surface area (Å²) in [7, 11) is 0. The topological polar surface area (TPSA) is 131 Å². The van der Waals surface area contributed by atoms with E-state index in [9.17, 15) is 14.4 Å². The number of carbonyl (C=O) groups excluding carboxylic acids is 3. The van der Waals surface area contributed by atoms with E-state index in [1.807, 2.05) is 0 Å². The standard InChI is InChI=1S/C20H31N5O3S/c1-12-7-5-6-10-14(12)25(11-15(26)23-13-8-3-2-4-9-13)20(28)18-16(21)17(19(22)27)24-29-18/h12-14H,2-11,21H2,1H3,(H2,22,27)(H,23,26). The fourth-order valence-electron chi connectivity index (χ4n) is 4.53. The Bertz CT molecular complexity index is 759. The summed E-state index contributed by atoms with van der Waals surface area (Å²) in [6.07, 6.45) is 9.46. The molecule has 2 aliphatic carbocycles. The van der Waals surface area contributed by atoms with E-state index in [2.05, 4.69) is 16.6 Å². The van der Waals surface area contributed by atoms with Crippen LogP contribution in [0.5, 0.6) is 0 Å². The number of nitrogens with one attached hydrogen (secondary N) is 1. The number of amides is 3. The van der Waals surface area contributed by atoms with Crippen LogP contribution in [0.3, 0.4) is 0 Å². The van der Waals surface area contributed by atoms with Crippen molar-refractivity contribution in [3.8, 4) is 0 Å². The zero-order valence-corrected chi connectivity index (χ0v) is 17.8. The van der Waals surface area contributed by atoms with E-state index in [4.69, 9.17) is 11.5 Å². The van der Waals surface area contributed by atoms with E-state index in [0.717, 1.165) is 62.9 Å². The van der Waals surface area contributed by atoms with Gasteiger partial charge in [0.2, 0.25) is 5.91 Å². The summed E-state index contributed by atoms with van der Waals surface area (Å²) < 4.78 is 3.95. The maximum atomic E-state index is 13.4. The molecule has 1 aromatic heterocycles. The molecule has 0 radical (unpaired) electrons. The molecule has 0 aliphatic heterocycles. The summed E-state index contributed by atoms with van der Waals surface area (Å²) >= 11 is 0.870. The van der Waals surface area contributed by atoms with Gasteiger partial charge in [0.1, 0.15) is 11.4 Å². The second-order valence-electron chi connectivity index (χ2n) is 8.30. The zero-order valence-electron chi connectivity index (χ0n) is 17.0. The predicted octanol–water partition coefficient (Wildman–Crippen LogP) is 2.29. The molecule has 2 saturated carbocycles. The van der Waals surface area contributed by atoms with Crippen LogP contribution in [0, 0.1) is 5.92 Å². The molecule has 0 saturated heterocycles. The average Bonchev–Trinajstić information content (AvgIpc) is 3.09. The Balaban J connectivity index is 1.79. The largest absolute Gasteiger partial charge is 0.395 e. The molecule has 2 aliphatic rings. The van der Waals surface area contributed by atoms with E-state index >= 15 is 0 Å². The van der Waals surface area contributed by atoms with Crippen LogP contribution in [0.2, 0.25) is 0 Å². The molecule has 3 amide bonds. The van der Waals surface area contributed by atoms with Crippen molar-refractivity contribution in [2.75, 3.05) is 12.3 Å². The molecule has 2 unspecified atom stereocenters. The summed E-state index contributed by atoms with van der Waals surface area (Å²) in [5.41, 5.74) is 11.2. The van der Waals surface area contributed by atoms with E-state index in [-0.39, 0.29) is 46.7 Å². The first-order chi connectivity index (χ1) is 13.9. The highest BCUT2D eigenvalue weighted by molar-refractivity contribution is 7.09. The van der Waals surface area contributed by atoms with Gasteiger partial charge in [-0.2, -0.15) is 4.37 Å². The van der Waals surface area contributed by atoms with E-state index in [1.165, 1.54) is 6.42 Å². The minimum atomic E-state index is -0.759. The van der Waals surface area contributed by atoms with Crippen LogP contribution < -0.4 is 16.8 Å². The van der Waals surface area contributed by atoms with Crippen molar-refractivity contribution in [3.05, 3.63) is 10.6 Å². The fraction of sp³-hybridized carbons (Fsp3) is 0.700. The molecule has 0 bridgehead atoms. The van der Waals surface area contributed by atoms with Gasteiger partial charge in [-0.05, 0) is 43.1 Å². The molecule has 3 rings (SSSR count). The molecule has 2 atom stereocenters. The number of aromatic nitrogens is 1. The molecule has 1 aromatic rings. The van der Waals surface area contributed by atoms with Crippen molar-refractivity contribution in [2.24, 2.45) is 11.7 Å². The van der Waals surface area contributed by atoms with Crippen molar-refractivity contribution >= 4 is 34.9 Å². The molecule has 0 aromatic carbocycles. The molecule has 8 nitrogen and oxygen atoms in total. The van der Waals surface area contributed by atoms with Crippen LogP contribution >= 0.6 is 11.5 Å². The van der Waals surface area contributed by atoms with Crippen LogP contribution in [0.4, 0.5) is 5.69 Å². The number of carbonyl (C=O) groups is 3. The number of anilines is 1. The SMILES string of the molecule is CC1CCCCC1N(CC(=O)NC1CCCCC1)C(=O)c1snc(C(N)=O)c1N. The Labute approximate surface area is 175 Å². The lowest BCUT2D eigenvalue weighted by Gasteiger charge is -2.38. The van der Waals surface area contributed by atoms with Gasteiger partial charge in [-0.3, -0.25) is 14.4 Å². The van der Waals surface area contributed by atoms with Gasteiger partial charge >= 0.3 is 0 Å².